The van der Waals surface area contributed by atoms with E-state index in [1.54, 1.807) is 4.68 Å². The van der Waals surface area contributed by atoms with Gasteiger partial charge in [-0.05, 0) is 26.8 Å². The average molecular weight is 258 g/mol. The zero-order chi connectivity index (χ0) is 12.4. The fraction of sp³-hybridized carbons (Fsp3) is 0.750. The Labute approximate surface area is 107 Å². The number of rotatable bonds is 3. The minimum Gasteiger partial charge on any atom is -0.381 e. The zero-order valence-corrected chi connectivity index (χ0v) is 11.5. The maximum absolute atomic E-state index is 6.25. The Morgan fingerprint density at radius 2 is 2.12 bits per heavy atom. The number of hydrogen-bond acceptors (Lipinski definition) is 3. The van der Waals surface area contributed by atoms with E-state index < -0.39 is 0 Å². The average Bonchev–Trinajstić information content (AvgIpc) is 2.57. The monoisotopic (exact) mass is 257 g/mol. The van der Waals surface area contributed by atoms with Crippen molar-refractivity contribution in [1.82, 2.24) is 14.7 Å². The third kappa shape index (κ3) is 2.81. The summed E-state index contributed by atoms with van der Waals surface area (Å²) in [5.41, 5.74) is 2.17. The molecule has 0 radical (unpaired) electrons. The van der Waals surface area contributed by atoms with Crippen LogP contribution in [-0.4, -0.2) is 41.0 Å². The van der Waals surface area contributed by atoms with Crippen molar-refractivity contribution in [2.45, 2.75) is 32.4 Å². The third-order valence-corrected chi connectivity index (χ3v) is 3.96. The first-order valence-electron chi connectivity index (χ1n) is 6.05. The van der Waals surface area contributed by atoms with E-state index in [4.69, 9.17) is 16.3 Å². The highest BCUT2D eigenvalue weighted by Gasteiger charge is 2.21. The van der Waals surface area contributed by atoms with Gasteiger partial charge in [-0.2, -0.15) is 5.10 Å². The predicted octanol–water partition coefficient (Wildman–Crippen LogP) is 1.99. The first-order valence-corrected chi connectivity index (χ1v) is 6.43. The molecule has 1 saturated heterocycles. The lowest BCUT2D eigenvalue weighted by molar-refractivity contribution is 0.0406. The number of aryl methyl sites for hydroxylation is 2. The number of nitrogens with zero attached hydrogens (tertiary/aromatic N) is 3. The summed E-state index contributed by atoms with van der Waals surface area (Å²) in [5.74, 6) is 0. The van der Waals surface area contributed by atoms with Gasteiger partial charge in [0.2, 0.25) is 0 Å². The Bertz CT molecular complexity index is 385. The van der Waals surface area contributed by atoms with Gasteiger partial charge in [-0.15, -0.1) is 0 Å². The molecule has 0 spiro atoms. The molecule has 1 aliphatic rings. The maximum Gasteiger partial charge on any atom is 0.131 e. The Morgan fingerprint density at radius 1 is 1.47 bits per heavy atom. The smallest absolute Gasteiger partial charge is 0.131 e. The molecule has 0 saturated carbocycles. The van der Waals surface area contributed by atoms with Crippen molar-refractivity contribution >= 4 is 11.6 Å². The number of halogens is 1. The zero-order valence-electron chi connectivity index (χ0n) is 10.7. The van der Waals surface area contributed by atoms with Crippen LogP contribution in [0.3, 0.4) is 0 Å². The molecule has 0 atom stereocenters. The molecule has 1 fully saturated rings. The second kappa shape index (κ2) is 5.38. The van der Waals surface area contributed by atoms with Gasteiger partial charge in [0.1, 0.15) is 5.15 Å². The number of ether oxygens (including phenoxy) is 1. The molecule has 0 amide bonds. The van der Waals surface area contributed by atoms with Crippen LogP contribution in [0.2, 0.25) is 5.15 Å². The molecule has 1 aromatic heterocycles. The second-order valence-electron chi connectivity index (χ2n) is 4.74. The highest BCUT2D eigenvalue weighted by Crippen LogP contribution is 2.22. The predicted molar refractivity (Wildman–Crippen MR) is 68.3 cm³/mol. The molecule has 2 heterocycles. The topological polar surface area (TPSA) is 30.3 Å². The Kier molecular flexibility index (Phi) is 4.07. The van der Waals surface area contributed by atoms with Crippen LogP contribution in [0.4, 0.5) is 0 Å². The van der Waals surface area contributed by atoms with Gasteiger partial charge in [-0.3, -0.25) is 9.58 Å². The van der Waals surface area contributed by atoms with Crippen LogP contribution in [0.15, 0.2) is 0 Å². The van der Waals surface area contributed by atoms with E-state index in [1.807, 2.05) is 14.0 Å². The van der Waals surface area contributed by atoms with Gasteiger partial charge in [-0.25, -0.2) is 0 Å². The van der Waals surface area contributed by atoms with E-state index in [0.29, 0.717) is 6.04 Å². The first-order chi connectivity index (χ1) is 8.09. The van der Waals surface area contributed by atoms with Crippen molar-refractivity contribution in [3.63, 3.8) is 0 Å². The fourth-order valence-electron chi connectivity index (χ4n) is 2.36. The van der Waals surface area contributed by atoms with Crippen molar-refractivity contribution < 1.29 is 4.74 Å². The molecule has 0 N–H and O–H groups in total. The summed E-state index contributed by atoms with van der Waals surface area (Å²) in [5, 5.41) is 5.09. The highest BCUT2D eigenvalue weighted by atomic mass is 35.5. The standard InChI is InChI=1S/C12H20ClN3O/c1-9-11(12(13)16(3)14-9)8-15(2)10-4-6-17-7-5-10/h10H,4-8H2,1-3H3. The third-order valence-electron chi connectivity index (χ3n) is 3.49. The quantitative estimate of drug-likeness (QED) is 0.830. The molecular formula is C12H20ClN3O. The van der Waals surface area contributed by atoms with Crippen LogP contribution in [0.1, 0.15) is 24.1 Å². The van der Waals surface area contributed by atoms with Crippen LogP contribution < -0.4 is 0 Å². The van der Waals surface area contributed by atoms with Crippen LogP contribution in [0.5, 0.6) is 0 Å². The van der Waals surface area contributed by atoms with Gasteiger partial charge in [0.05, 0.1) is 5.69 Å². The minimum absolute atomic E-state index is 0.597. The Balaban J connectivity index is 2.04. The van der Waals surface area contributed by atoms with Crippen LogP contribution >= 0.6 is 11.6 Å². The molecule has 2 rings (SSSR count). The van der Waals surface area contributed by atoms with E-state index in [9.17, 15) is 0 Å². The molecule has 5 heteroatoms. The normalized spacial score (nSPS) is 17.9. The van der Waals surface area contributed by atoms with Gasteiger partial charge in [0, 0.05) is 38.4 Å². The molecule has 0 bridgehead atoms. The van der Waals surface area contributed by atoms with Crippen LogP contribution in [-0.2, 0) is 18.3 Å². The molecule has 96 valence electrons. The van der Waals surface area contributed by atoms with Crippen molar-refractivity contribution in [2.24, 2.45) is 7.05 Å². The van der Waals surface area contributed by atoms with Gasteiger partial charge >= 0.3 is 0 Å². The molecule has 17 heavy (non-hydrogen) atoms. The van der Waals surface area contributed by atoms with Gasteiger partial charge in [-0.1, -0.05) is 11.6 Å². The molecule has 1 aliphatic heterocycles. The summed E-state index contributed by atoms with van der Waals surface area (Å²) in [6, 6.07) is 0.597. The van der Waals surface area contributed by atoms with Crippen molar-refractivity contribution in [3.05, 3.63) is 16.4 Å². The minimum atomic E-state index is 0.597. The van der Waals surface area contributed by atoms with Crippen molar-refractivity contribution in [2.75, 3.05) is 20.3 Å². The summed E-state index contributed by atoms with van der Waals surface area (Å²) in [7, 11) is 4.03. The lowest BCUT2D eigenvalue weighted by atomic mass is 10.1. The van der Waals surface area contributed by atoms with Crippen LogP contribution in [0, 0.1) is 6.92 Å². The van der Waals surface area contributed by atoms with Gasteiger partial charge in [0.15, 0.2) is 0 Å². The van der Waals surface area contributed by atoms with E-state index in [0.717, 1.165) is 49.0 Å². The van der Waals surface area contributed by atoms with Gasteiger partial charge in [0.25, 0.3) is 0 Å². The molecule has 4 nitrogen and oxygen atoms in total. The van der Waals surface area contributed by atoms with Crippen LogP contribution in [0.25, 0.3) is 0 Å². The lowest BCUT2D eigenvalue weighted by Crippen LogP contribution is -2.36. The summed E-state index contributed by atoms with van der Waals surface area (Å²) in [4.78, 5) is 2.36. The molecule has 1 aromatic rings. The van der Waals surface area contributed by atoms with E-state index in [2.05, 4.69) is 17.0 Å². The summed E-state index contributed by atoms with van der Waals surface area (Å²) in [6.07, 6.45) is 2.21. The van der Waals surface area contributed by atoms with Crippen molar-refractivity contribution in [1.29, 1.82) is 0 Å². The summed E-state index contributed by atoms with van der Waals surface area (Å²) >= 11 is 6.25. The van der Waals surface area contributed by atoms with Crippen molar-refractivity contribution in [3.8, 4) is 0 Å². The fourth-order valence-corrected chi connectivity index (χ4v) is 2.59. The molecule has 0 aliphatic carbocycles. The molecule has 0 aromatic carbocycles. The first kappa shape index (κ1) is 12.9. The Morgan fingerprint density at radius 3 is 2.65 bits per heavy atom. The highest BCUT2D eigenvalue weighted by molar-refractivity contribution is 6.30. The van der Waals surface area contributed by atoms with E-state index in [-0.39, 0.29) is 0 Å². The number of hydrogen-bond donors (Lipinski definition) is 0. The SMILES string of the molecule is Cc1nn(C)c(Cl)c1CN(C)C1CCOCC1. The summed E-state index contributed by atoms with van der Waals surface area (Å²) in [6.45, 7) is 4.62. The maximum atomic E-state index is 6.25. The lowest BCUT2D eigenvalue weighted by Gasteiger charge is -2.31. The van der Waals surface area contributed by atoms with Gasteiger partial charge < -0.3 is 4.74 Å². The Hall–Kier alpha value is -0.580. The summed E-state index contributed by atoms with van der Waals surface area (Å²) < 4.78 is 7.12. The van der Waals surface area contributed by atoms with E-state index >= 15 is 0 Å². The van der Waals surface area contributed by atoms with E-state index in [1.165, 1.54) is 0 Å². The number of aromatic nitrogens is 2. The molecule has 0 unspecified atom stereocenters. The molecular weight excluding hydrogens is 238 g/mol. The second-order valence-corrected chi connectivity index (χ2v) is 5.10. The largest absolute Gasteiger partial charge is 0.381 e.